The molecule has 0 bridgehead atoms. The van der Waals surface area contributed by atoms with E-state index >= 15 is 0 Å². The van der Waals surface area contributed by atoms with Gasteiger partial charge >= 0.3 is 6.03 Å². The smallest absolute Gasteiger partial charge is 0.325 e. The number of hydrogen-bond donors (Lipinski definition) is 2. The van der Waals surface area contributed by atoms with Gasteiger partial charge in [-0.15, -0.1) is 10.2 Å². The number of amides is 3. The number of carbonyl (C=O) groups excluding carboxylic acids is 2. The number of hydrogen-bond acceptors (Lipinski definition) is 6. The molecule has 0 aliphatic carbocycles. The predicted molar refractivity (Wildman–Crippen MR) is 95.3 cm³/mol. The molecule has 3 aromatic rings. The number of rotatable bonds is 4. The van der Waals surface area contributed by atoms with Gasteiger partial charge in [0.2, 0.25) is 0 Å². The molecule has 8 heteroatoms. The number of aromatic nitrogens is 2. The Labute approximate surface area is 152 Å². The number of benzene rings is 2. The fourth-order valence-corrected chi connectivity index (χ4v) is 3.58. The molecule has 1 saturated heterocycles. The molecule has 2 N–H and O–H groups in total. The van der Waals surface area contributed by atoms with Crippen LogP contribution in [0.3, 0.4) is 0 Å². The number of nitrogens with one attached hydrogen (secondary N) is 1. The summed E-state index contributed by atoms with van der Waals surface area (Å²) < 4.78 is 0. The Bertz CT molecular complexity index is 973. The largest absolute Gasteiger partial charge is 0.508 e. The molecule has 1 aliphatic heterocycles. The van der Waals surface area contributed by atoms with Crippen LogP contribution in [-0.2, 0) is 11.3 Å². The lowest BCUT2D eigenvalue weighted by Crippen LogP contribution is -2.30. The number of urea groups is 1. The van der Waals surface area contributed by atoms with Crippen LogP contribution in [0.5, 0.6) is 5.75 Å². The lowest BCUT2D eigenvalue weighted by atomic mass is 10.1. The van der Waals surface area contributed by atoms with Crippen molar-refractivity contribution in [1.29, 1.82) is 0 Å². The molecule has 1 aromatic heterocycles. The highest BCUT2D eigenvalue weighted by Crippen LogP contribution is 2.28. The van der Waals surface area contributed by atoms with E-state index in [0.29, 0.717) is 10.6 Å². The summed E-state index contributed by atoms with van der Waals surface area (Å²) in [6.07, 6.45) is 0. The van der Waals surface area contributed by atoms with E-state index in [4.69, 9.17) is 0 Å². The average Bonchev–Trinajstić information content (AvgIpc) is 3.23. The van der Waals surface area contributed by atoms with Crippen LogP contribution in [0.25, 0.3) is 10.6 Å². The van der Waals surface area contributed by atoms with Crippen molar-refractivity contribution in [2.45, 2.75) is 12.6 Å². The average molecular weight is 366 g/mol. The minimum absolute atomic E-state index is 0.0413. The van der Waals surface area contributed by atoms with E-state index in [1.807, 2.05) is 30.3 Å². The summed E-state index contributed by atoms with van der Waals surface area (Å²) >= 11 is 1.34. The fraction of sp³-hybridized carbons (Fsp3) is 0.111. The van der Waals surface area contributed by atoms with Gasteiger partial charge in [-0.3, -0.25) is 9.69 Å². The van der Waals surface area contributed by atoms with Gasteiger partial charge in [0.05, 0.1) is 6.54 Å². The molecule has 3 amide bonds. The maximum absolute atomic E-state index is 12.6. The van der Waals surface area contributed by atoms with Crippen molar-refractivity contribution >= 4 is 23.3 Å². The Balaban J connectivity index is 1.53. The van der Waals surface area contributed by atoms with Crippen LogP contribution in [0.15, 0.2) is 54.6 Å². The standard InChI is InChI=1S/C18H14N4O3S/c23-13-8-4-7-12(9-13)15-17(24)22(18(25)19-15)10-14-20-21-16(26-14)11-5-2-1-3-6-11/h1-9,15,23H,10H2,(H,19,25). The third kappa shape index (κ3) is 3.02. The monoisotopic (exact) mass is 366 g/mol. The molecule has 2 heterocycles. The van der Waals surface area contributed by atoms with Crippen molar-refractivity contribution in [2.24, 2.45) is 0 Å². The fourth-order valence-electron chi connectivity index (χ4n) is 2.75. The van der Waals surface area contributed by atoms with Crippen molar-refractivity contribution in [1.82, 2.24) is 20.4 Å². The molecular formula is C18H14N4O3S. The van der Waals surface area contributed by atoms with Crippen LogP contribution in [-0.4, -0.2) is 32.1 Å². The number of nitrogens with zero attached hydrogens (tertiary/aromatic N) is 3. The zero-order valence-electron chi connectivity index (χ0n) is 13.5. The van der Waals surface area contributed by atoms with Crippen LogP contribution < -0.4 is 5.32 Å². The van der Waals surface area contributed by atoms with Gasteiger partial charge in [-0.1, -0.05) is 53.8 Å². The number of carbonyl (C=O) groups is 2. The first-order valence-corrected chi connectivity index (χ1v) is 8.72. The molecule has 26 heavy (non-hydrogen) atoms. The SMILES string of the molecule is O=C1NC(c2cccc(O)c2)C(=O)N1Cc1nnc(-c2ccccc2)s1. The molecule has 130 valence electrons. The van der Waals surface area contributed by atoms with E-state index in [1.165, 1.54) is 23.5 Å². The second-order valence-electron chi connectivity index (χ2n) is 5.77. The van der Waals surface area contributed by atoms with E-state index in [1.54, 1.807) is 12.1 Å². The minimum Gasteiger partial charge on any atom is -0.508 e. The summed E-state index contributed by atoms with van der Waals surface area (Å²) in [5.41, 5.74) is 1.47. The highest BCUT2D eigenvalue weighted by atomic mass is 32.1. The van der Waals surface area contributed by atoms with Gasteiger partial charge in [0, 0.05) is 5.56 Å². The number of aromatic hydroxyl groups is 1. The molecule has 2 aromatic carbocycles. The Morgan fingerprint density at radius 2 is 1.88 bits per heavy atom. The molecule has 1 fully saturated rings. The van der Waals surface area contributed by atoms with Crippen molar-refractivity contribution in [2.75, 3.05) is 0 Å². The Morgan fingerprint density at radius 1 is 1.08 bits per heavy atom. The zero-order valence-corrected chi connectivity index (χ0v) is 14.3. The van der Waals surface area contributed by atoms with Gasteiger partial charge in [-0.05, 0) is 17.7 Å². The lowest BCUT2D eigenvalue weighted by molar-refractivity contribution is -0.128. The summed E-state index contributed by atoms with van der Waals surface area (Å²) in [4.78, 5) is 26.0. The van der Waals surface area contributed by atoms with Gasteiger partial charge in [0.1, 0.15) is 21.8 Å². The molecule has 7 nitrogen and oxygen atoms in total. The van der Waals surface area contributed by atoms with Gasteiger partial charge < -0.3 is 10.4 Å². The first-order chi connectivity index (χ1) is 12.6. The van der Waals surface area contributed by atoms with Crippen LogP contribution in [0, 0.1) is 0 Å². The first kappa shape index (κ1) is 16.2. The van der Waals surface area contributed by atoms with E-state index in [9.17, 15) is 14.7 Å². The molecule has 4 rings (SSSR count). The molecule has 1 aliphatic rings. The van der Waals surface area contributed by atoms with Gasteiger partial charge in [-0.25, -0.2) is 4.79 Å². The summed E-state index contributed by atoms with van der Waals surface area (Å²) in [5.74, 6) is -0.336. The zero-order chi connectivity index (χ0) is 18.1. The maximum Gasteiger partial charge on any atom is 0.325 e. The normalized spacial score (nSPS) is 16.8. The molecule has 1 atom stereocenters. The lowest BCUT2D eigenvalue weighted by Gasteiger charge is -2.11. The van der Waals surface area contributed by atoms with Gasteiger partial charge in [0.15, 0.2) is 0 Å². The van der Waals surface area contributed by atoms with Gasteiger partial charge in [-0.2, -0.15) is 0 Å². The van der Waals surface area contributed by atoms with Crippen molar-refractivity contribution in [3.05, 3.63) is 65.2 Å². The summed E-state index contributed by atoms with van der Waals surface area (Å²) in [5, 5.41) is 21.8. The van der Waals surface area contributed by atoms with Crippen molar-refractivity contribution < 1.29 is 14.7 Å². The second-order valence-corrected chi connectivity index (χ2v) is 6.83. The van der Waals surface area contributed by atoms with Gasteiger partial charge in [0.25, 0.3) is 5.91 Å². The summed E-state index contributed by atoms with van der Waals surface area (Å²) in [7, 11) is 0. The molecule has 0 spiro atoms. The quantitative estimate of drug-likeness (QED) is 0.692. The Kier molecular flexibility index (Phi) is 4.10. The second kappa shape index (κ2) is 6.57. The van der Waals surface area contributed by atoms with E-state index in [2.05, 4.69) is 15.5 Å². The number of imide groups is 1. The number of phenols is 1. The molecular weight excluding hydrogens is 352 g/mol. The van der Waals surface area contributed by atoms with Crippen LogP contribution in [0.2, 0.25) is 0 Å². The Hall–Kier alpha value is -3.26. The number of phenolic OH excluding ortho intramolecular Hbond substituents is 1. The topological polar surface area (TPSA) is 95.4 Å². The van der Waals surface area contributed by atoms with E-state index in [0.717, 1.165) is 15.5 Å². The molecule has 0 radical (unpaired) electrons. The predicted octanol–water partition coefficient (Wildman–Crippen LogP) is 2.70. The Morgan fingerprint density at radius 3 is 2.65 bits per heavy atom. The molecule has 1 unspecified atom stereocenters. The third-order valence-corrected chi connectivity index (χ3v) is 4.97. The van der Waals surface area contributed by atoms with E-state index in [-0.39, 0.29) is 18.2 Å². The summed E-state index contributed by atoms with van der Waals surface area (Å²) in [6.45, 7) is 0.0600. The molecule has 0 saturated carbocycles. The van der Waals surface area contributed by atoms with E-state index < -0.39 is 12.1 Å². The minimum atomic E-state index is -0.809. The van der Waals surface area contributed by atoms with Crippen molar-refractivity contribution in [3.8, 4) is 16.3 Å². The van der Waals surface area contributed by atoms with Crippen molar-refractivity contribution in [3.63, 3.8) is 0 Å². The van der Waals surface area contributed by atoms with Crippen LogP contribution in [0.1, 0.15) is 16.6 Å². The van der Waals surface area contributed by atoms with Crippen LogP contribution >= 0.6 is 11.3 Å². The highest BCUT2D eigenvalue weighted by molar-refractivity contribution is 7.14. The maximum atomic E-state index is 12.6. The third-order valence-electron chi connectivity index (χ3n) is 4.01. The first-order valence-electron chi connectivity index (χ1n) is 7.90. The van der Waals surface area contributed by atoms with Crippen LogP contribution in [0.4, 0.5) is 4.79 Å². The highest BCUT2D eigenvalue weighted by Gasteiger charge is 2.39. The summed E-state index contributed by atoms with van der Waals surface area (Å²) in [6, 6.07) is 14.6.